The van der Waals surface area contributed by atoms with Gasteiger partial charge in [-0.3, -0.25) is 0 Å². The van der Waals surface area contributed by atoms with E-state index in [1.165, 1.54) is 0 Å². The number of nitrogens with zero attached hydrogens (tertiary/aromatic N) is 2. The molecule has 2 atom stereocenters. The van der Waals surface area contributed by atoms with E-state index in [2.05, 4.69) is 16.8 Å². The van der Waals surface area contributed by atoms with Crippen LogP contribution in [0.15, 0.2) is 18.2 Å². The Bertz CT molecular complexity index is 335. The van der Waals surface area contributed by atoms with Gasteiger partial charge in [-0.2, -0.15) is 4.98 Å². The average molecular weight is 227 g/mol. The quantitative estimate of drug-likeness (QED) is 0.723. The molecule has 2 rings (SSSR count). The number of methoxy groups -OCH3 is 1. The smallest absolute Gasteiger partial charge is 0.214 e. The normalized spacial score (nSPS) is 25.7. The van der Waals surface area contributed by atoms with Crippen LogP contribution in [0.4, 0.5) is 5.82 Å². The summed E-state index contributed by atoms with van der Waals surface area (Å²) >= 11 is 6.18. The molecule has 0 spiro atoms. The van der Waals surface area contributed by atoms with Gasteiger partial charge in [-0.15, -0.1) is 11.6 Å². The van der Waals surface area contributed by atoms with E-state index >= 15 is 0 Å². The summed E-state index contributed by atoms with van der Waals surface area (Å²) in [4.78, 5) is 6.59. The van der Waals surface area contributed by atoms with Gasteiger partial charge in [-0.25, -0.2) is 0 Å². The highest BCUT2D eigenvalue weighted by Gasteiger charge is 2.28. The van der Waals surface area contributed by atoms with Gasteiger partial charge in [0.25, 0.3) is 0 Å². The van der Waals surface area contributed by atoms with Crippen molar-refractivity contribution in [2.24, 2.45) is 5.92 Å². The minimum atomic E-state index is 0.220. The Hall–Kier alpha value is -0.960. The minimum absolute atomic E-state index is 0.220. The summed E-state index contributed by atoms with van der Waals surface area (Å²) in [6, 6.07) is 5.79. The van der Waals surface area contributed by atoms with E-state index in [0.29, 0.717) is 11.8 Å². The first-order valence-electron chi connectivity index (χ1n) is 5.11. The highest BCUT2D eigenvalue weighted by atomic mass is 35.5. The van der Waals surface area contributed by atoms with E-state index < -0.39 is 0 Å². The second-order valence-corrected chi connectivity index (χ2v) is 4.50. The van der Waals surface area contributed by atoms with Crippen molar-refractivity contribution in [2.75, 3.05) is 25.1 Å². The molecule has 0 aromatic carbocycles. The van der Waals surface area contributed by atoms with Crippen LogP contribution in [0, 0.1) is 5.92 Å². The Kier molecular flexibility index (Phi) is 3.00. The van der Waals surface area contributed by atoms with E-state index in [1.807, 2.05) is 18.2 Å². The zero-order chi connectivity index (χ0) is 10.8. The summed E-state index contributed by atoms with van der Waals surface area (Å²) in [5.74, 6) is 2.11. The molecule has 2 unspecified atom stereocenters. The third-order valence-electron chi connectivity index (χ3n) is 2.76. The van der Waals surface area contributed by atoms with Crippen LogP contribution in [0.5, 0.6) is 5.88 Å². The van der Waals surface area contributed by atoms with Crippen LogP contribution >= 0.6 is 11.6 Å². The third-order valence-corrected chi connectivity index (χ3v) is 3.33. The number of pyridine rings is 1. The maximum absolute atomic E-state index is 6.18. The van der Waals surface area contributed by atoms with E-state index in [0.717, 1.165) is 18.9 Å². The lowest BCUT2D eigenvalue weighted by Gasteiger charge is -2.16. The molecule has 1 aromatic heterocycles. The molecule has 0 N–H and O–H groups in total. The molecule has 1 saturated heterocycles. The van der Waals surface area contributed by atoms with Crippen molar-refractivity contribution in [1.82, 2.24) is 4.98 Å². The van der Waals surface area contributed by atoms with Gasteiger partial charge < -0.3 is 9.64 Å². The Morgan fingerprint density at radius 3 is 2.87 bits per heavy atom. The lowest BCUT2D eigenvalue weighted by molar-refractivity contribution is 0.398. The van der Waals surface area contributed by atoms with Gasteiger partial charge in [0.2, 0.25) is 5.88 Å². The number of aromatic nitrogens is 1. The fraction of sp³-hybridized carbons (Fsp3) is 0.545. The third kappa shape index (κ3) is 2.17. The predicted molar refractivity (Wildman–Crippen MR) is 61.8 cm³/mol. The summed E-state index contributed by atoms with van der Waals surface area (Å²) in [5.41, 5.74) is 0. The monoisotopic (exact) mass is 226 g/mol. The maximum atomic E-state index is 6.18. The number of ether oxygens (including phenoxy) is 1. The van der Waals surface area contributed by atoms with Crippen molar-refractivity contribution in [3.63, 3.8) is 0 Å². The molecule has 1 fully saturated rings. The molecule has 0 amide bonds. The van der Waals surface area contributed by atoms with Crippen molar-refractivity contribution in [2.45, 2.75) is 12.3 Å². The number of halogens is 1. The zero-order valence-electron chi connectivity index (χ0n) is 8.98. The Morgan fingerprint density at radius 1 is 1.47 bits per heavy atom. The highest BCUT2D eigenvalue weighted by Crippen LogP contribution is 2.26. The number of hydrogen-bond acceptors (Lipinski definition) is 3. The Morgan fingerprint density at radius 2 is 2.27 bits per heavy atom. The molecular formula is C11H15ClN2O. The molecule has 0 radical (unpaired) electrons. The minimum Gasteiger partial charge on any atom is -0.481 e. The summed E-state index contributed by atoms with van der Waals surface area (Å²) in [5, 5.41) is 0.220. The van der Waals surface area contributed by atoms with Gasteiger partial charge in [-0.1, -0.05) is 13.0 Å². The van der Waals surface area contributed by atoms with E-state index in [4.69, 9.17) is 16.3 Å². The Balaban J connectivity index is 2.16. The summed E-state index contributed by atoms with van der Waals surface area (Å²) in [7, 11) is 1.63. The molecular weight excluding hydrogens is 212 g/mol. The van der Waals surface area contributed by atoms with Gasteiger partial charge in [-0.05, 0) is 12.0 Å². The lowest BCUT2D eigenvalue weighted by atomic mass is 10.2. The lowest BCUT2D eigenvalue weighted by Crippen LogP contribution is -2.21. The van der Waals surface area contributed by atoms with Crippen LogP contribution in [0.2, 0.25) is 0 Å². The molecule has 4 heteroatoms. The number of anilines is 1. The molecule has 1 aliphatic rings. The first kappa shape index (κ1) is 10.6. The molecule has 2 heterocycles. The second kappa shape index (κ2) is 4.27. The molecule has 0 saturated carbocycles. The molecule has 1 aliphatic heterocycles. The molecule has 3 nitrogen and oxygen atoms in total. The molecule has 1 aromatic rings. The van der Waals surface area contributed by atoms with Gasteiger partial charge in [0, 0.05) is 19.2 Å². The number of rotatable bonds is 2. The van der Waals surface area contributed by atoms with Crippen LogP contribution < -0.4 is 9.64 Å². The van der Waals surface area contributed by atoms with E-state index in [-0.39, 0.29) is 5.38 Å². The molecule has 82 valence electrons. The fourth-order valence-corrected chi connectivity index (χ4v) is 2.05. The molecule has 15 heavy (non-hydrogen) atoms. The van der Waals surface area contributed by atoms with Crippen molar-refractivity contribution in [3.8, 4) is 5.88 Å². The van der Waals surface area contributed by atoms with E-state index in [9.17, 15) is 0 Å². The van der Waals surface area contributed by atoms with Crippen molar-refractivity contribution in [1.29, 1.82) is 0 Å². The SMILES string of the molecule is COc1cccc(N2CC(C)C(Cl)C2)n1. The first-order valence-corrected chi connectivity index (χ1v) is 5.54. The van der Waals surface area contributed by atoms with Gasteiger partial charge in [0.15, 0.2) is 0 Å². The van der Waals surface area contributed by atoms with Crippen LogP contribution in [0.3, 0.4) is 0 Å². The van der Waals surface area contributed by atoms with Crippen LogP contribution in [-0.4, -0.2) is 30.6 Å². The summed E-state index contributed by atoms with van der Waals surface area (Å²) in [6.07, 6.45) is 0. The largest absolute Gasteiger partial charge is 0.481 e. The van der Waals surface area contributed by atoms with E-state index in [1.54, 1.807) is 7.11 Å². The molecule has 0 aliphatic carbocycles. The van der Waals surface area contributed by atoms with Gasteiger partial charge in [0.05, 0.1) is 12.5 Å². The average Bonchev–Trinajstić information content (AvgIpc) is 2.59. The number of hydrogen-bond donors (Lipinski definition) is 0. The molecule has 0 bridgehead atoms. The van der Waals surface area contributed by atoms with Crippen LogP contribution in [0.1, 0.15) is 6.92 Å². The summed E-state index contributed by atoms with van der Waals surface area (Å²) < 4.78 is 5.10. The first-order chi connectivity index (χ1) is 7.20. The predicted octanol–water partition coefficient (Wildman–Crippen LogP) is 2.15. The van der Waals surface area contributed by atoms with Crippen LogP contribution in [0.25, 0.3) is 0 Å². The van der Waals surface area contributed by atoms with Gasteiger partial charge in [0.1, 0.15) is 5.82 Å². The van der Waals surface area contributed by atoms with Gasteiger partial charge >= 0.3 is 0 Å². The highest BCUT2D eigenvalue weighted by molar-refractivity contribution is 6.21. The van der Waals surface area contributed by atoms with Crippen molar-refractivity contribution >= 4 is 17.4 Å². The Labute approximate surface area is 95.0 Å². The fourth-order valence-electron chi connectivity index (χ4n) is 1.81. The van der Waals surface area contributed by atoms with Crippen molar-refractivity contribution in [3.05, 3.63) is 18.2 Å². The zero-order valence-corrected chi connectivity index (χ0v) is 9.74. The number of alkyl halides is 1. The van der Waals surface area contributed by atoms with Crippen LogP contribution in [-0.2, 0) is 0 Å². The summed E-state index contributed by atoms with van der Waals surface area (Å²) in [6.45, 7) is 4.00. The van der Waals surface area contributed by atoms with Crippen molar-refractivity contribution < 1.29 is 4.74 Å². The standard InChI is InChI=1S/C11H15ClN2O/c1-8-6-14(7-9(8)12)10-4-3-5-11(13-10)15-2/h3-5,8-9H,6-7H2,1-2H3. The maximum Gasteiger partial charge on any atom is 0.214 e. The second-order valence-electron chi connectivity index (χ2n) is 3.94. The topological polar surface area (TPSA) is 25.4 Å².